The SMILES string of the molecule is CN(C)C(=O)c1sc(NCCc2ccc(Cl)s2)cc1N. The quantitative estimate of drug-likeness (QED) is 0.883. The van der Waals surface area contributed by atoms with Crippen molar-refractivity contribution >= 4 is 50.9 Å². The summed E-state index contributed by atoms with van der Waals surface area (Å²) in [6.07, 6.45) is 0.895. The lowest BCUT2D eigenvalue weighted by atomic mass is 10.3. The van der Waals surface area contributed by atoms with Crippen LogP contribution in [0.15, 0.2) is 18.2 Å². The Morgan fingerprint density at radius 3 is 2.75 bits per heavy atom. The van der Waals surface area contributed by atoms with Gasteiger partial charge in [-0.25, -0.2) is 0 Å². The summed E-state index contributed by atoms with van der Waals surface area (Å²) in [5.41, 5.74) is 6.40. The molecule has 2 aromatic heterocycles. The van der Waals surface area contributed by atoms with E-state index >= 15 is 0 Å². The van der Waals surface area contributed by atoms with E-state index in [0.29, 0.717) is 10.6 Å². The van der Waals surface area contributed by atoms with Crippen LogP contribution in [-0.2, 0) is 6.42 Å². The van der Waals surface area contributed by atoms with Gasteiger partial charge in [0.25, 0.3) is 5.91 Å². The van der Waals surface area contributed by atoms with Crippen molar-refractivity contribution < 1.29 is 4.79 Å². The van der Waals surface area contributed by atoms with Crippen LogP contribution in [0.5, 0.6) is 0 Å². The molecular weight excluding hydrogens is 314 g/mol. The van der Waals surface area contributed by atoms with Gasteiger partial charge >= 0.3 is 0 Å². The number of halogens is 1. The summed E-state index contributed by atoms with van der Waals surface area (Å²) in [6.45, 7) is 0.784. The smallest absolute Gasteiger partial charge is 0.265 e. The lowest BCUT2D eigenvalue weighted by molar-refractivity contribution is 0.0833. The van der Waals surface area contributed by atoms with Gasteiger partial charge in [-0.15, -0.1) is 22.7 Å². The number of hydrogen-bond acceptors (Lipinski definition) is 5. The molecule has 108 valence electrons. The molecule has 0 aliphatic carbocycles. The van der Waals surface area contributed by atoms with Crippen LogP contribution in [0.3, 0.4) is 0 Å². The van der Waals surface area contributed by atoms with Crippen LogP contribution < -0.4 is 11.1 Å². The standard InChI is InChI=1S/C13H16ClN3OS2/c1-17(2)13(18)12-9(15)7-11(20-12)16-6-5-8-3-4-10(14)19-8/h3-4,7,16H,5-6,15H2,1-2H3. The molecule has 2 heterocycles. The van der Waals surface area contributed by atoms with E-state index in [2.05, 4.69) is 5.32 Å². The molecule has 2 rings (SSSR count). The molecule has 3 N–H and O–H groups in total. The average Bonchev–Trinajstić information content (AvgIpc) is 2.95. The molecule has 0 aromatic carbocycles. The third-order valence-electron chi connectivity index (χ3n) is 2.66. The Hall–Kier alpha value is -1.24. The minimum atomic E-state index is -0.0643. The molecule has 1 amide bonds. The molecule has 0 unspecified atom stereocenters. The van der Waals surface area contributed by atoms with Gasteiger partial charge in [0.1, 0.15) is 4.88 Å². The number of carbonyl (C=O) groups is 1. The van der Waals surface area contributed by atoms with E-state index in [0.717, 1.165) is 22.3 Å². The molecule has 0 spiro atoms. The van der Waals surface area contributed by atoms with Crippen molar-refractivity contribution in [1.29, 1.82) is 0 Å². The maximum absolute atomic E-state index is 11.9. The maximum atomic E-state index is 11.9. The van der Waals surface area contributed by atoms with Crippen molar-refractivity contribution in [2.75, 3.05) is 31.7 Å². The van der Waals surface area contributed by atoms with Gasteiger partial charge in [0.2, 0.25) is 0 Å². The molecule has 0 atom stereocenters. The van der Waals surface area contributed by atoms with Gasteiger partial charge in [-0.3, -0.25) is 4.79 Å². The number of hydrogen-bond donors (Lipinski definition) is 2. The second kappa shape index (κ2) is 6.47. The third kappa shape index (κ3) is 3.65. The van der Waals surface area contributed by atoms with E-state index < -0.39 is 0 Å². The van der Waals surface area contributed by atoms with Gasteiger partial charge in [-0.05, 0) is 24.6 Å². The molecule has 20 heavy (non-hydrogen) atoms. The first-order valence-corrected chi connectivity index (χ1v) is 8.07. The number of nitrogens with one attached hydrogen (secondary N) is 1. The van der Waals surface area contributed by atoms with Crippen LogP contribution >= 0.6 is 34.3 Å². The fourth-order valence-electron chi connectivity index (χ4n) is 1.66. The number of anilines is 2. The summed E-state index contributed by atoms with van der Waals surface area (Å²) in [5.74, 6) is -0.0643. The fraction of sp³-hybridized carbons (Fsp3) is 0.308. The molecule has 0 bridgehead atoms. The van der Waals surface area contributed by atoms with E-state index in [4.69, 9.17) is 17.3 Å². The molecule has 0 aliphatic rings. The number of nitrogens with zero attached hydrogens (tertiary/aromatic N) is 1. The number of nitrogen functional groups attached to an aromatic ring is 1. The number of thiophene rings is 2. The summed E-state index contributed by atoms with van der Waals surface area (Å²) in [4.78, 5) is 15.2. The predicted octanol–water partition coefficient (Wildman–Crippen LogP) is 3.40. The van der Waals surface area contributed by atoms with Crippen LogP contribution in [0.2, 0.25) is 4.34 Å². The fourth-order valence-corrected chi connectivity index (χ4v) is 3.77. The molecule has 0 radical (unpaired) electrons. The van der Waals surface area contributed by atoms with Crippen LogP contribution in [0.4, 0.5) is 10.7 Å². The zero-order valence-corrected chi connectivity index (χ0v) is 13.7. The Labute approximate surface area is 131 Å². The maximum Gasteiger partial charge on any atom is 0.265 e. The zero-order chi connectivity index (χ0) is 14.7. The van der Waals surface area contributed by atoms with Crippen molar-refractivity contribution in [3.63, 3.8) is 0 Å². The Balaban J connectivity index is 1.94. The molecule has 0 aliphatic heterocycles. The Morgan fingerprint density at radius 1 is 1.40 bits per heavy atom. The van der Waals surface area contributed by atoms with Crippen LogP contribution in [0.25, 0.3) is 0 Å². The monoisotopic (exact) mass is 329 g/mol. The highest BCUT2D eigenvalue weighted by Gasteiger charge is 2.15. The Morgan fingerprint density at radius 2 is 2.15 bits per heavy atom. The van der Waals surface area contributed by atoms with Crippen molar-refractivity contribution in [1.82, 2.24) is 4.90 Å². The first-order valence-electron chi connectivity index (χ1n) is 6.06. The summed E-state index contributed by atoms with van der Waals surface area (Å²) >= 11 is 8.86. The largest absolute Gasteiger partial charge is 0.397 e. The average molecular weight is 330 g/mol. The van der Waals surface area contributed by atoms with Crippen LogP contribution in [-0.4, -0.2) is 31.4 Å². The van der Waals surface area contributed by atoms with Crippen molar-refractivity contribution in [2.24, 2.45) is 0 Å². The topological polar surface area (TPSA) is 58.4 Å². The molecule has 2 aromatic rings. The lowest BCUT2D eigenvalue weighted by Crippen LogP contribution is -2.21. The summed E-state index contributed by atoms with van der Waals surface area (Å²) in [5, 5.41) is 4.20. The van der Waals surface area contributed by atoms with Gasteiger partial charge < -0.3 is 16.0 Å². The highest BCUT2D eigenvalue weighted by atomic mass is 35.5. The van der Waals surface area contributed by atoms with Crippen molar-refractivity contribution in [2.45, 2.75) is 6.42 Å². The highest BCUT2D eigenvalue weighted by molar-refractivity contribution is 7.18. The third-order valence-corrected chi connectivity index (χ3v) is 5.05. The first kappa shape index (κ1) is 15.2. The normalized spacial score (nSPS) is 10.6. The molecule has 4 nitrogen and oxygen atoms in total. The molecule has 0 fully saturated rings. The van der Waals surface area contributed by atoms with Gasteiger partial charge in [0.15, 0.2) is 0 Å². The zero-order valence-electron chi connectivity index (χ0n) is 11.3. The van der Waals surface area contributed by atoms with Crippen LogP contribution in [0, 0.1) is 0 Å². The van der Waals surface area contributed by atoms with Gasteiger partial charge in [-0.2, -0.15) is 0 Å². The van der Waals surface area contributed by atoms with E-state index in [1.165, 1.54) is 21.1 Å². The molecule has 7 heteroatoms. The molecular formula is C13H16ClN3OS2. The van der Waals surface area contributed by atoms with Crippen molar-refractivity contribution in [3.05, 3.63) is 32.3 Å². The number of nitrogens with two attached hydrogens (primary N) is 1. The highest BCUT2D eigenvalue weighted by Crippen LogP contribution is 2.30. The van der Waals surface area contributed by atoms with Crippen LogP contribution in [0.1, 0.15) is 14.5 Å². The Bertz CT molecular complexity index is 607. The van der Waals surface area contributed by atoms with Crippen molar-refractivity contribution in [3.8, 4) is 0 Å². The number of amides is 1. The van der Waals surface area contributed by atoms with E-state index in [-0.39, 0.29) is 5.91 Å². The first-order chi connectivity index (χ1) is 9.47. The summed E-state index contributed by atoms with van der Waals surface area (Å²) in [7, 11) is 3.43. The minimum absolute atomic E-state index is 0.0643. The predicted molar refractivity (Wildman–Crippen MR) is 88.3 cm³/mol. The van der Waals surface area contributed by atoms with E-state index in [1.807, 2.05) is 18.2 Å². The summed E-state index contributed by atoms with van der Waals surface area (Å²) < 4.78 is 0.805. The lowest BCUT2D eigenvalue weighted by Gasteiger charge is -2.08. The second-order valence-electron chi connectivity index (χ2n) is 4.48. The second-order valence-corrected chi connectivity index (χ2v) is 7.33. The van der Waals surface area contributed by atoms with E-state index in [1.54, 1.807) is 25.4 Å². The Kier molecular flexibility index (Phi) is 4.91. The van der Waals surface area contributed by atoms with E-state index in [9.17, 15) is 4.79 Å². The summed E-state index contributed by atoms with van der Waals surface area (Å²) in [6, 6.07) is 5.74. The van der Waals surface area contributed by atoms with Gasteiger partial charge in [0, 0.05) is 25.5 Å². The number of rotatable bonds is 5. The van der Waals surface area contributed by atoms with Gasteiger partial charge in [-0.1, -0.05) is 11.6 Å². The number of carbonyl (C=O) groups excluding carboxylic acids is 1. The minimum Gasteiger partial charge on any atom is -0.397 e. The molecule has 0 saturated heterocycles. The molecule has 0 saturated carbocycles. The van der Waals surface area contributed by atoms with Gasteiger partial charge in [0.05, 0.1) is 15.0 Å².